The molecule has 0 amide bonds. The monoisotopic (exact) mass is 816 g/mol. The van der Waals surface area contributed by atoms with Gasteiger partial charge < -0.3 is 9.80 Å². The minimum absolute atomic E-state index is 0.620. The Morgan fingerprint density at radius 1 is 0.219 bits per heavy atom. The molecule has 0 unspecified atom stereocenters. The summed E-state index contributed by atoms with van der Waals surface area (Å²) >= 11 is 0. The van der Waals surface area contributed by atoms with E-state index < -0.39 is 10.8 Å². The molecule has 0 aliphatic carbocycles. The van der Waals surface area contributed by atoms with E-state index in [1.165, 1.54) is 55.9 Å². The first kappa shape index (κ1) is 37.6. The summed E-state index contributed by atoms with van der Waals surface area (Å²) in [5, 5.41) is 0. The molecule has 10 aromatic carbocycles. The molecule has 0 spiro atoms. The number of para-hydroxylation sites is 4. The second kappa shape index (κ2) is 15.3. The molecule has 0 fully saturated rings. The lowest BCUT2D eigenvalue weighted by Crippen LogP contribution is -2.38. The zero-order valence-corrected chi connectivity index (χ0v) is 35.3. The van der Waals surface area contributed by atoms with E-state index in [2.05, 4.69) is 277 Å². The van der Waals surface area contributed by atoms with Crippen molar-refractivity contribution in [2.45, 2.75) is 10.8 Å². The molecule has 0 radical (unpaired) electrons. The van der Waals surface area contributed by atoms with Gasteiger partial charge in [0, 0.05) is 11.4 Å². The Morgan fingerprint density at radius 3 is 0.812 bits per heavy atom. The van der Waals surface area contributed by atoms with E-state index in [4.69, 9.17) is 0 Å². The number of nitrogens with zero attached hydrogens (tertiary/aromatic N) is 2. The fourth-order valence-electron chi connectivity index (χ4n) is 11.0. The molecular weight excluding hydrogens is 773 g/mol. The molecule has 302 valence electrons. The Labute approximate surface area is 375 Å². The lowest BCUT2D eigenvalue weighted by atomic mass is 9.61. The molecule has 2 nitrogen and oxygen atoms in total. The van der Waals surface area contributed by atoms with Gasteiger partial charge in [-0.3, -0.25) is 0 Å². The first-order chi connectivity index (χ1) is 31.8. The van der Waals surface area contributed by atoms with Crippen LogP contribution in [0.3, 0.4) is 0 Å². The largest absolute Gasteiger partial charge is 0.310 e. The summed E-state index contributed by atoms with van der Waals surface area (Å²) in [6, 6.07) is 98.4. The van der Waals surface area contributed by atoms with Gasteiger partial charge in [-0.1, -0.05) is 206 Å². The predicted octanol–water partition coefficient (Wildman–Crippen LogP) is 15.7. The summed E-state index contributed by atoms with van der Waals surface area (Å²) in [4.78, 5) is 4.91. The van der Waals surface area contributed by atoms with Gasteiger partial charge in [0.25, 0.3) is 0 Å². The van der Waals surface area contributed by atoms with Crippen LogP contribution in [0.15, 0.2) is 267 Å². The number of rotatable bonds is 7. The van der Waals surface area contributed by atoms with E-state index in [1.807, 2.05) is 0 Å². The van der Waals surface area contributed by atoms with Crippen LogP contribution in [0.2, 0.25) is 0 Å². The van der Waals surface area contributed by atoms with E-state index in [0.717, 1.165) is 33.9 Å². The molecule has 2 heteroatoms. The Bertz CT molecular complexity index is 2960. The van der Waals surface area contributed by atoms with Crippen molar-refractivity contribution >= 4 is 34.1 Å². The van der Waals surface area contributed by atoms with Crippen molar-refractivity contribution in [1.82, 2.24) is 0 Å². The Balaban J connectivity index is 1.17. The summed E-state index contributed by atoms with van der Waals surface area (Å²) in [7, 11) is 0. The van der Waals surface area contributed by atoms with Crippen molar-refractivity contribution < 1.29 is 0 Å². The average molecular weight is 817 g/mol. The zero-order chi connectivity index (χ0) is 42.5. The third-order valence-electron chi connectivity index (χ3n) is 13.6. The summed E-state index contributed by atoms with van der Waals surface area (Å²) in [6.45, 7) is 0. The Kier molecular flexibility index (Phi) is 8.98. The summed E-state index contributed by atoms with van der Waals surface area (Å²) in [5.41, 5.74) is 17.9. The highest BCUT2D eigenvalue weighted by Crippen LogP contribution is 2.60. The van der Waals surface area contributed by atoms with Crippen molar-refractivity contribution in [3.05, 3.63) is 311 Å². The van der Waals surface area contributed by atoms with Gasteiger partial charge in [-0.25, -0.2) is 0 Å². The molecule has 2 aliphatic heterocycles. The lowest BCUT2D eigenvalue weighted by molar-refractivity contribution is 0.730. The van der Waals surface area contributed by atoms with E-state index in [1.54, 1.807) is 0 Å². The molecule has 0 atom stereocenters. The van der Waals surface area contributed by atoms with Crippen LogP contribution >= 0.6 is 0 Å². The smallest absolute Gasteiger partial charge is 0.0742 e. The third-order valence-corrected chi connectivity index (χ3v) is 13.6. The second-order valence-electron chi connectivity index (χ2n) is 16.8. The number of benzene rings is 10. The average Bonchev–Trinajstić information content (AvgIpc) is 3.38. The van der Waals surface area contributed by atoms with Crippen LogP contribution in [0.1, 0.15) is 44.5 Å². The van der Waals surface area contributed by atoms with E-state index >= 15 is 0 Å². The van der Waals surface area contributed by atoms with Crippen LogP contribution in [-0.4, -0.2) is 0 Å². The maximum Gasteiger partial charge on any atom is 0.0742 e. The molecule has 10 aromatic rings. The maximum absolute atomic E-state index is 2.49. The van der Waals surface area contributed by atoms with Crippen LogP contribution in [-0.2, 0) is 10.8 Å². The van der Waals surface area contributed by atoms with Gasteiger partial charge >= 0.3 is 0 Å². The summed E-state index contributed by atoms with van der Waals surface area (Å²) < 4.78 is 0. The first-order valence-electron chi connectivity index (χ1n) is 22.2. The van der Waals surface area contributed by atoms with Crippen LogP contribution < -0.4 is 9.80 Å². The molecule has 12 rings (SSSR count). The molecule has 0 N–H and O–H groups in total. The van der Waals surface area contributed by atoms with E-state index in [0.29, 0.717) is 0 Å². The fraction of sp³-hybridized carbons (Fsp3) is 0.0323. The van der Waals surface area contributed by atoms with Crippen molar-refractivity contribution in [2.75, 3.05) is 9.80 Å². The van der Waals surface area contributed by atoms with Crippen LogP contribution in [0.25, 0.3) is 11.1 Å². The standard InChI is InChI=1S/C62H44N2/c1-7-23-47(24-8-1)61(48-25-9-2-10-26-48)53-35-19-21-37-57(53)63(51-31-15-5-16-32-51)59-41-39-45(43-55(59)61)46-40-42-60-56(44-46)62(49-27-11-3-12-28-49,50-29-13-4-14-30-50)54-36-20-22-38-58(54)64(60)52-33-17-6-18-34-52/h1-44H. The highest BCUT2D eigenvalue weighted by Gasteiger charge is 2.48. The number of hydrogen-bond donors (Lipinski definition) is 0. The number of fused-ring (bicyclic) bond motifs is 4. The molecule has 0 saturated carbocycles. The molecule has 64 heavy (non-hydrogen) atoms. The Hall–Kier alpha value is -8.20. The van der Waals surface area contributed by atoms with Crippen molar-refractivity contribution in [3.8, 4) is 11.1 Å². The van der Waals surface area contributed by atoms with Crippen molar-refractivity contribution in [2.24, 2.45) is 0 Å². The van der Waals surface area contributed by atoms with Gasteiger partial charge in [0.15, 0.2) is 0 Å². The SMILES string of the molecule is c1ccc(N2c3ccccc3C(c3ccccc3)(c3ccccc3)c3cc(-c4ccc5c(c4)C(c4ccccc4)(c4ccccc4)c4ccccc4N5c4ccccc4)ccc32)cc1. The van der Waals surface area contributed by atoms with Crippen LogP contribution in [0.5, 0.6) is 0 Å². The second-order valence-corrected chi connectivity index (χ2v) is 16.8. The normalized spacial score (nSPS) is 14.1. The fourth-order valence-corrected chi connectivity index (χ4v) is 11.0. The van der Waals surface area contributed by atoms with Gasteiger partial charge in [0.2, 0.25) is 0 Å². The van der Waals surface area contributed by atoms with Gasteiger partial charge in [-0.05, 0) is 116 Å². The minimum atomic E-state index is -0.620. The molecular formula is C62H44N2. The summed E-state index contributed by atoms with van der Waals surface area (Å²) in [6.07, 6.45) is 0. The zero-order valence-electron chi connectivity index (χ0n) is 35.3. The number of anilines is 6. The maximum atomic E-state index is 2.49. The van der Waals surface area contributed by atoms with Crippen molar-refractivity contribution in [3.63, 3.8) is 0 Å². The molecule has 0 saturated heterocycles. The van der Waals surface area contributed by atoms with E-state index in [9.17, 15) is 0 Å². The van der Waals surface area contributed by atoms with Gasteiger partial charge in [0.05, 0.1) is 33.6 Å². The van der Waals surface area contributed by atoms with Crippen LogP contribution in [0.4, 0.5) is 34.1 Å². The predicted molar refractivity (Wildman–Crippen MR) is 265 cm³/mol. The van der Waals surface area contributed by atoms with Gasteiger partial charge in [-0.15, -0.1) is 0 Å². The quantitative estimate of drug-likeness (QED) is 0.158. The molecule has 0 aromatic heterocycles. The molecule has 2 heterocycles. The first-order valence-corrected chi connectivity index (χ1v) is 22.2. The highest BCUT2D eigenvalue weighted by molar-refractivity contribution is 5.93. The lowest BCUT2D eigenvalue weighted by Gasteiger charge is -2.47. The molecule has 0 bridgehead atoms. The Morgan fingerprint density at radius 2 is 0.484 bits per heavy atom. The topological polar surface area (TPSA) is 6.48 Å². The third kappa shape index (κ3) is 5.59. The van der Waals surface area contributed by atoms with E-state index in [-0.39, 0.29) is 0 Å². The van der Waals surface area contributed by atoms with Gasteiger partial charge in [0.1, 0.15) is 0 Å². The number of hydrogen-bond acceptors (Lipinski definition) is 2. The summed E-state index contributed by atoms with van der Waals surface area (Å²) in [5.74, 6) is 0. The van der Waals surface area contributed by atoms with Crippen LogP contribution in [0, 0.1) is 0 Å². The van der Waals surface area contributed by atoms with Crippen molar-refractivity contribution in [1.29, 1.82) is 0 Å². The minimum Gasteiger partial charge on any atom is -0.310 e. The van der Waals surface area contributed by atoms with Gasteiger partial charge in [-0.2, -0.15) is 0 Å². The molecule has 2 aliphatic rings. The highest BCUT2D eigenvalue weighted by atomic mass is 15.2.